The van der Waals surface area contributed by atoms with E-state index in [2.05, 4.69) is 17.2 Å². The SMILES string of the molecule is Cc1occc1C(=O)Nc1cc(C#CCCO)ccc1Cl. The molecule has 5 heteroatoms. The quantitative estimate of drug-likeness (QED) is 0.856. The minimum Gasteiger partial charge on any atom is -0.469 e. The number of amides is 1. The molecule has 1 aromatic heterocycles. The topological polar surface area (TPSA) is 62.5 Å². The summed E-state index contributed by atoms with van der Waals surface area (Å²) in [6.45, 7) is 1.73. The maximum absolute atomic E-state index is 12.1. The van der Waals surface area contributed by atoms with Crippen LogP contribution >= 0.6 is 11.6 Å². The number of hydrogen-bond acceptors (Lipinski definition) is 3. The molecule has 0 saturated heterocycles. The highest BCUT2D eigenvalue weighted by atomic mass is 35.5. The molecule has 0 spiro atoms. The molecular weight excluding hydrogens is 290 g/mol. The molecule has 0 aliphatic carbocycles. The van der Waals surface area contributed by atoms with Gasteiger partial charge in [0.15, 0.2) is 0 Å². The fourth-order valence-corrected chi connectivity index (χ4v) is 1.89. The summed E-state index contributed by atoms with van der Waals surface area (Å²) >= 11 is 6.08. The lowest BCUT2D eigenvalue weighted by Gasteiger charge is -2.07. The Morgan fingerprint density at radius 3 is 2.90 bits per heavy atom. The van der Waals surface area contributed by atoms with Gasteiger partial charge in [-0.05, 0) is 31.2 Å². The summed E-state index contributed by atoms with van der Waals surface area (Å²) in [5, 5.41) is 11.9. The summed E-state index contributed by atoms with van der Waals surface area (Å²) in [6, 6.07) is 6.72. The van der Waals surface area contributed by atoms with Gasteiger partial charge < -0.3 is 14.8 Å². The Morgan fingerprint density at radius 1 is 1.43 bits per heavy atom. The summed E-state index contributed by atoms with van der Waals surface area (Å²) in [5.74, 6) is 5.97. The molecule has 0 atom stereocenters. The van der Waals surface area contributed by atoms with Crippen molar-refractivity contribution in [3.8, 4) is 11.8 Å². The highest BCUT2D eigenvalue weighted by molar-refractivity contribution is 6.34. The number of rotatable bonds is 3. The lowest BCUT2D eigenvalue weighted by Crippen LogP contribution is -2.12. The lowest BCUT2D eigenvalue weighted by molar-refractivity contribution is 0.102. The van der Waals surface area contributed by atoms with Gasteiger partial charge in [-0.25, -0.2) is 0 Å². The minimum atomic E-state index is -0.288. The Balaban J connectivity index is 2.20. The van der Waals surface area contributed by atoms with Gasteiger partial charge in [-0.2, -0.15) is 0 Å². The van der Waals surface area contributed by atoms with Crippen LogP contribution in [0.1, 0.15) is 28.1 Å². The average Bonchev–Trinajstić information content (AvgIpc) is 2.89. The van der Waals surface area contributed by atoms with Crippen LogP contribution in [0.2, 0.25) is 5.02 Å². The van der Waals surface area contributed by atoms with Crippen molar-refractivity contribution in [2.24, 2.45) is 0 Å². The molecule has 0 unspecified atom stereocenters. The fourth-order valence-electron chi connectivity index (χ4n) is 1.73. The molecule has 0 aliphatic rings. The lowest BCUT2D eigenvalue weighted by atomic mass is 10.2. The van der Waals surface area contributed by atoms with Crippen LogP contribution < -0.4 is 5.32 Å². The van der Waals surface area contributed by atoms with Crippen molar-refractivity contribution in [2.75, 3.05) is 11.9 Å². The van der Waals surface area contributed by atoms with E-state index in [1.807, 2.05) is 0 Å². The second-order valence-electron chi connectivity index (χ2n) is 4.31. The van der Waals surface area contributed by atoms with Crippen LogP contribution in [0.25, 0.3) is 0 Å². The molecule has 21 heavy (non-hydrogen) atoms. The van der Waals surface area contributed by atoms with Crippen molar-refractivity contribution in [2.45, 2.75) is 13.3 Å². The number of aliphatic hydroxyl groups is 1. The molecular formula is C16H14ClNO3. The number of carbonyl (C=O) groups excluding carboxylic acids is 1. The van der Waals surface area contributed by atoms with Crippen molar-refractivity contribution < 1.29 is 14.3 Å². The zero-order valence-electron chi connectivity index (χ0n) is 11.4. The van der Waals surface area contributed by atoms with Crippen LogP contribution in [0.4, 0.5) is 5.69 Å². The van der Waals surface area contributed by atoms with Crippen molar-refractivity contribution in [3.63, 3.8) is 0 Å². The van der Waals surface area contributed by atoms with Gasteiger partial charge in [-0.1, -0.05) is 23.4 Å². The Hall–Kier alpha value is -2.22. The van der Waals surface area contributed by atoms with Gasteiger partial charge in [0.1, 0.15) is 5.76 Å². The van der Waals surface area contributed by atoms with E-state index in [-0.39, 0.29) is 12.5 Å². The van der Waals surface area contributed by atoms with E-state index in [1.165, 1.54) is 6.26 Å². The first-order valence-corrected chi connectivity index (χ1v) is 6.74. The molecule has 0 fully saturated rings. The fraction of sp³-hybridized carbons (Fsp3) is 0.188. The number of aryl methyl sites for hydroxylation is 1. The van der Waals surface area contributed by atoms with Crippen molar-refractivity contribution in [1.82, 2.24) is 0 Å². The first-order valence-electron chi connectivity index (χ1n) is 6.36. The van der Waals surface area contributed by atoms with Gasteiger partial charge >= 0.3 is 0 Å². The summed E-state index contributed by atoms with van der Waals surface area (Å²) in [7, 11) is 0. The van der Waals surface area contributed by atoms with Crippen LogP contribution in [-0.2, 0) is 0 Å². The zero-order chi connectivity index (χ0) is 15.2. The van der Waals surface area contributed by atoms with Crippen LogP contribution in [0.15, 0.2) is 34.9 Å². The van der Waals surface area contributed by atoms with E-state index in [1.54, 1.807) is 31.2 Å². The number of carbonyl (C=O) groups is 1. The molecule has 2 N–H and O–H groups in total. The number of hydrogen-bond donors (Lipinski definition) is 2. The van der Waals surface area contributed by atoms with Gasteiger partial charge in [-0.3, -0.25) is 4.79 Å². The Labute approximate surface area is 127 Å². The van der Waals surface area contributed by atoms with E-state index in [4.69, 9.17) is 21.1 Å². The van der Waals surface area contributed by atoms with E-state index in [0.717, 1.165) is 0 Å². The molecule has 0 aliphatic heterocycles. The zero-order valence-corrected chi connectivity index (χ0v) is 12.2. The van der Waals surface area contributed by atoms with Crippen LogP contribution in [0.5, 0.6) is 0 Å². The number of benzene rings is 1. The summed E-state index contributed by atoms with van der Waals surface area (Å²) in [5.41, 5.74) is 1.66. The predicted octanol–water partition coefficient (Wildman–Crippen LogP) is 3.23. The minimum absolute atomic E-state index is 0.0178. The average molecular weight is 304 g/mol. The van der Waals surface area contributed by atoms with Gasteiger partial charge in [0.25, 0.3) is 5.91 Å². The molecule has 0 bridgehead atoms. The largest absolute Gasteiger partial charge is 0.469 e. The number of aliphatic hydroxyl groups excluding tert-OH is 1. The highest BCUT2D eigenvalue weighted by Crippen LogP contribution is 2.24. The van der Waals surface area contributed by atoms with Gasteiger partial charge in [-0.15, -0.1) is 0 Å². The Morgan fingerprint density at radius 2 is 2.24 bits per heavy atom. The Kier molecular flexibility index (Phi) is 5.04. The van der Waals surface area contributed by atoms with E-state index < -0.39 is 0 Å². The third kappa shape index (κ3) is 3.88. The third-order valence-electron chi connectivity index (χ3n) is 2.79. The first kappa shape index (κ1) is 15.2. The summed E-state index contributed by atoms with van der Waals surface area (Å²) < 4.78 is 5.10. The van der Waals surface area contributed by atoms with E-state index >= 15 is 0 Å². The molecule has 1 heterocycles. The maximum atomic E-state index is 12.1. The number of anilines is 1. The summed E-state index contributed by atoms with van der Waals surface area (Å²) in [6.07, 6.45) is 1.86. The summed E-state index contributed by atoms with van der Waals surface area (Å²) in [4.78, 5) is 12.1. The smallest absolute Gasteiger partial charge is 0.259 e. The van der Waals surface area contributed by atoms with Crippen LogP contribution in [-0.4, -0.2) is 17.6 Å². The molecule has 1 amide bonds. The normalized spacial score (nSPS) is 9.86. The molecule has 1 aromatic carbocycles. The van der Waals surface area contributed by atoms with Gasteiger partial charge in [0, 0.05) is 12.0 Å². The van der Waals surface area contributed by atoms with Crippen molar-refractivity contribution in [3.05, 3.63) is 52.4 Å². The number of furan rings is 1. The molecule has 0 radical (unpaired) electrons. The van der Waals surface area contributed by atoms with Crippen LogP contribution in [0.3, 0.4) is 0 Å². The van der Waals surface area contributed by atoms with Gasteiger partial charge in [0.2, 0.25) is 0 Å². The third-order valence-corrected chi connectivity index (χ3v) is 3.12. The second-order valence-corrected chi connectivity index (χ2v) is 4.72. The predicted molar refractivity (Wildman–Crippen MR) is 81.4 cm³/mol. The highest BCUT2D eigenvalue weighted by Gasteiger charge is 2.13. The molecule has 0 saturated carbocycles. The standard InChI is InChI=1S/C16H14ClNO3/c1-11-13(7-9-21-11)16(20)18-15-10-12(4-2-3-8-19)5-6-14(15)17/h5-7,9-10,19H,3,8H2,1H3,(H,18,20). The molecule has 108 valence electrons. The van der Waals surface area contributed by atoms with Crippen molar-refractivity contribution >= 4 is 23.2 Å². The molecule has 2 rings (SSSR count). The van der Waals surface area contributed by atoms with Crippen LogP contribution in [0, 0.1) is 18.8 Å². The Bertz CT molecular complexity index is 710. The molecule has 4 nitrogen and oxygen atoms in total. The monoisotopic (exact) mass is 303 g/mol. The first-order chi connectivity index (χ1) is 10.1. The molecule has 2 aromatic rings. The number of halogens is 1. The van der Waals surface area contributed by atoms with E-state index in [0.29, 0.717) is 34.0 Å². The van der Waals surface area contributed by atoms with Gasteiger partial charge in [0.05, 0.1) is 29.1 Å². The number of nitrogens with one attached hydrogen (secondary N) is 1. The second kappa shape index (κ2) is 6.98. The van der Waals surface area contributed by atoms with E-state index in [9.17, 15) is 4.79 Å². The maximum Gasteiger partial charge on any atom is 0.259 e. The van der Waals surface area contributed by atoms with Crippen molar-refractivity contribution in [1.29, 1.82) is 0 Å².